The van der Waals surface area contributed by atoms with Crippen molar-refractivity contribution in [1.29, 1.82) is 0 Å². The number of aromatic carboxylic acids is 1. The van der Waals surface area contributed by atoms with Gasteiger partial charge in [0, 0.05) is 35.6 Å². The molecule has 4 rings (SSSR count). The van der Waals surface area contributed by atoms with Crippen LogP contribution in [0.4, 0.5) is 0 Å². The minimum Gasteiger partial charge on any atom is -0.475 e. The number of hydrogen-bond acceptors (Lipinski definition) is 4. The molecule has 1 N–H and O–H groups in total. The van der Waals surface area contributed by atoms with Crippen molar-refractivity contribution in [3.8, 4) is 11.3 Å². The van der Waals surface area contributed by atoms with Crippen molar-refractivity contribution < 1.29 is 14.3 Å². The van der Waals surface area contributed by atoms with Crippen LogP contribution in [-0.4, -0.2) is 25.8 Å². The summed E-state index contributed by atoms with van der Waals surface area (Å²) in [5.74, 6) is -0.287. The quantitative estimate of drug-likeness (QED) is 0.801. The third-order valence-electron chi connectivity index (χ3n) is 4.42. The van der Waals surface area contributed by atoms with Gasteiger partial charge in [0.2, 0.25) is 5.76 Å². The maximum atomic E-state index is 11.3. The zero-order valence-electron chi connectivity index (χ0n) is 13.5. The first-order chi connectivity index (χ1) is 11.5. The van der Waals surface area contributed by atoms with E-state index in [2.05, 4.69) is 4.98 Å². The van der Waals surface area contributed by atoms with E-state index in [4.69, 9.17) is 9.52 Å². The molecule has 6 heteroatoms. The maximum Gasteiger partial charge on any atom is 0.372 e. The Bertz CT molecular complexity index is 953. The fraction of sp³-hybridized carbons (Fsp3) is 0.278. The predicted octanol–water partition coefficient (Wildman–Crippen LogP) is 3.00. The van der Waals surface area contributed by atoms with Crippen LogP contribution < -0.4 is 0 Å². The fourth-order valence-electron chi connectivity index (χ4n) is 3.34. The Morgan fingerprint density at radius 3 is 2.96 bits per heavy atom. The first-order valence-electron chi connectivity index (χ1n) is 7.86. The molecule has 0 amide bonds. The lowest BCUT2D eigenvalue weighted by atomic mass is 9.94. The first-order valence-corrected chi connectivity index (χ1v) is 7.86. The molecule has 3 aromatic rings. The van der Waals surface area contributed by atoms with Gasteiger partial charge in [-0.05, 0) is 43.5 Å². The Labute approximate surface area is 138 Å². The molecule has 0 saturated heterocycles. The number of carboxylic acids is 1. The predicted molar refractivity (Wildman–Crippen MR) is 87.1 cm³/mol. The van der Waals surface area contributed by atoms with E-state index < -0.39 is 5.97 Å². The van der Waals surface area contributed by atoms with Crippen LogP contribution in [0.1, 0.15) is 38.7 Å². The Hall–Kier alpha value is -2.89. The molecule has 0 aromatic carbocycles. The zero-order valence-corrected chi connectivity index (χ0v) is 13.5. The van der Waals surface area contributed by atoms with Crippen molar-refractivity contribution in [2.75, 3.05) is 0 Å². The number of aromatic nitrogens is 3. The standard InChI is InChI=1S/C18H17N3O3/c1-10-7-12(5-6-19-10)8-21-9-13-3-4-14-15(16(13)20-21)11(2)17(24-14)18(22)23/h5-7,9H,3-4,8H2,1-2H3,(H,22,23). The van der Waals surface area contributed by atoms with Crippen molar-refractivity contribution in [3.63, 3.8) is 0 Å². The molecule has 3 heterocycles. The van der Waals surface area contributed by atoms with Crippen LogP contribution in [0.3, 0.4) is 0 Å². The van der Waals surface area contributed by atoms with E-state index in [0.717, 1.165) is 40.3 Å². The van der Waals surface area contributed by atoms with E-state index in [0.29, 0.717) is 18.5 Å². The number of aryl methyl sites for hydroxylation is 3. The maximum absolute atomic E-state index is 11.3. The molecule has 0 aliphatic heterocycles. The zero-order chi connectivity index (χ0) is 16.8. The summed E-state index contributed by atoms with van der Waals surface area (Å²) in [7, 11) is 0. The molecule has 1 aliphatic carbocycles. The number of carboxylic acid groups (broad SMARTS) is 1. The highest BCUT2D eigenvalue weighted by Gasteiger charge is 2.29. The van der Waals surface area contributed by atoms with Crippen LogP contribution in [-0.2, 0) is 19.4 Å². The number of fused-ring (bicyclic) bond motifs is 3. The molecule has 6 nitrogen and oxygen atoms in total. The monoisotopic (exact) mass is 323 g/mol. The number of hydrogen-bond donors (Lipinski definition) is 1. The third-order valence-corrected chi connectivity index (χ3v) is 4.42. The van der Waals surface area contributed by atoms with Crippen LogP contribution in [0.5, 0.6) is 0 Å². The molecule has 0 unspecified atom stereocenters. The van der Waals surface area contributed by atoms with Gasteiger partial charge >= 0.3 is 5.97 Å². The van der Waals surface area contributed by atoms with Gasteiger partial charge in [0.1, 0.15) is 5.76 Å². The van der Waals surface area contributed by atoms with Gasteiger partial charge in [0.15, 0.2) is 0 Å². The highest BCUT2D eigenvalue weighted by molar-refractivity contribution is 5.90. The Balaban J connectivity index is 1.74. The van der Waals surface area contributed by atoms with Gasteiger partial charge in [0.25, 0.3) is 0 Å². The summed E-state index contributed by atoms with van der Waals surface area (Å²) in [5.41, 5.74) is 5.59. The van der Waals surface area contributed by atoms with Crippen LogP contribution in [0.15, 0.2) is 28.9 Å². The summed E-state index contributed by atoms with van der Waals surface area (Å²) < 4.78 is 7.45. The normalized spacial score (nSPS) is 12.8. The molecule has 0 spiro atoms. The minimum atomic E-state index is -1.03. The average Bonchev–Trinajstić information content (AvgIpc) is 3.07. The van der Waals surface area contributed by atoms with Gasteiger partial charge in [-0.15, -0.1) is 0 Å². The van der Waals surface area contributed by atoms with Gasteiger partial charge in [-0.2, -0.15) is 5.10 Å². The SMILES string of the molecule is Cc1cc(Cn2cc3c(n2)-c2c(oc(C(=O)O)c2C)CC3)ccn1. The first kappa shape index (κ1) is 14.7. The van der Waals surface area contributed by atoms with Gasteiger partial charge in [-0.3, -0.25) is 9.67 Å². The van der Waals surface area contributed by atoms with Crippen molar-refractivity contribution >= 4 is 5.97 Å². The van der Waals surface area contributed by atoms with E-state index in [9.17, 15) is 9.90 Å². The molecule has 0 atom stereocenters. The summed E-state index contributed by atoms with van der Waals surface area (Å²) in [6.07, 6.45) is 5.35. The van der Waals surface area contributed by atoms with Crippen molar-refractivity contribution in [2.24, 2.45) is 0 Å². The number of furan rings is 1. The Kier molecular flexibility index (Phi) is 3.26. The van der Waals surface area contributed by atoms with Gasteiger partial charge in [0.05, 0.1) is 12.2 Å². The lowest BCUT2D eigenvalue weighted by Gasteiger charge is -2.09. The third kappa shape index (κ3) is 2.31. The lowest BCUT2D eigenvalue weighted by molar-refractivity contribution is 0.0659. The molecule has 0 fully saturated rings. The van der Waals surface area contributed by atoms with Crippen LogP contribution in [0.25, 0.3) is 11.3 Å². The largest absolute Gasteiger partial charge is 0.475 e. The topological polar surface area (TPSA) is 81.2 Å². The molecule has 1 aliphatic rings. The van der Waals surface area contributed by atoms with Crippen LogP contribution in [0, 0.1) is 13.8 Å². The molecule has 24 heavy (non-hydrogen) atoms. The van der Waals surface area contributed by atoms with Gasteiger partial charge in [-0.1, -0.05) is 0 Å². The highest BCUT2D eigenvalue weighted by Crippen LogP contribution is 2.38. The average molecular weight is 323 g/mol. The van der Waals surface area contributed by atoms with E-state index >= 15 is 0 Å². The van der Waals surface area contributed by atoms with Gasteiger partial charge < -0.3 is 9.52 Å². The van der Waals surface area contributed by atoms with Crippen LogP contribution in [0.2, 0.25) is 0 Å². The Morgan fingerprint density at radius 2 is 2.21 bits per heavy atom. The molecule has 122 valence electrons. The molecule has 0 saturated carbocycles. The fourth-order valence-corrected chi connectivity index (χ4v) is 3.34. The number of carbonyl (C=O) groups is 1. The summed E-state index contributed by atoms with van der Waals surface area (Å²) in [6.45, 7) is 4.41. The molecule has 0 radical (unpaired) electrons. The second kappa shape index (κ2) is 5.33. The van der Waals surface area contributed by atoms with Crippen LogP contribution >= 0.6 is 0 Å². The van der Waals surface area contributed by atoms with Crippen molar-refractivity contribution in [2.45, 2.75) is 33.2 Å². The minimum absolute atomic E-state index is 0.0205. The summed E-state index contributed by atoms with van der Waals surface area (Å²) in [5, 5.41) is 14.0. The highest BCUT2D eigenvalue weighted by atomic mass is 16.4. The lowest BCUT2D eigenvalue weighted by Crippen LogP contribution is -2.02. The molecular formula is C18H17N3O3. The Morgan fingerprint density at radius 1 is 1.38 bits per heavy atom. The van der Waals surface area contributed by atoms with E-state index in [1.165, 1.54) is 0 Å². The second-order valence-electron chi connectivity index (χ2n) is 6.17. The van der Waals surface area contributed by atoms with Gasteiger partial charge in [-0.25, -0.2) is 4.79 Å². The number of nitrogens with zero attached hydrogens (tertiary/aromatic N) is 3. The number of pyridine rings is 1. The smallest absolute Gasteiger partial charge is 0.372 e. The molecule has 0 bridgehead atoms. The van der Waals surface area contributed by atoms with E-state index in [-0.39, 0.29) is 5.76 Å². The van der Waals surface area contributed by atoms with E-state index in [1.54, 1.807) is 13.1 Å². The summed E-state index contributed by atoms with van der Waals surface area (Å²) in [4.78, 5) is 15.5. The molecular weight excluding hydrogens is 306 g/mol. The van der Waals surface area contributed by atoms with E-state index in [1.807, 2.05) is 29.9 Å². The van der Waals surface area contributed by atoms with Crippen molar-refractivity contribution in [1.82, 2.24) is 14.8 Å². The summed E-state index contributed by atoms with van der Waals surface area (Å²) >= 11 is 0. The molecule has 3 aromatic heterocycles. The number of rotatable bonds is 3. The second-order valence-corrected chi connectivity index (χ2v) is 6.17. The van der Waals surface area contributed by atoms with Crippen molar-refractivity contribution in [3.05, 3.63) is 58.4 Å². The summed E-state index contributed by atoms with van der Waals surface area (Å²) in [6, 6.07) is 4.02.